The molecule has 2 aromatic rings. The van der Waals surface area contributed by atoms with E-state index in [2.05, 4.69) is 63.5 Å². The summed E-state index contributed by atoms with van der Waals surface area (Å²) in [5, 5.41) is 9.62. The van der Waals surface area contributed by atoms with Crippen molar-refractivity contribution in [3.8, 4) is 0 Å². The fourth-order valence-corrected chi connectivity index (χ4v) is 5.14. The normalized spacial score (nSPS) is 21.8. The number of amides is 2. The van der Waals surface area contributed by atoms with E-state index >= 15 is 0 Å². The number of benzene rings is 1. The van der Waals surface area contributed by atoms with Gasteiger partial charge in [-0.25, -0.2) is 9.97 Å². The molecule has 1 aromatic heterocycles. The Bertz CT molecular complexity index is 1090. The Morgan fingerprint density at radius 3 is 2.53 bits per heavy atom. The predicted octanol–water partition coefficient (Wildman–Crippen LogP) is 3.33. The smallest absolute Gasteiger partial charge is 0.271 e. The molecule has 1 saturated heterocycles. The molecule has 2 heterocycles. The van der Waals surface area contributed by atoms with Gasteiger partial charge in [0.05, 0.1) is 6.20 Å². The lowest BCUT2D eigenvalue weighted by Crippen LogP contribution is -2.41. The third-order valence-electron chi connectivity index (χ3n) is 7.50. The summed E-state index contributed by atoms with van der Waals surface area (Å²) in [6.45, 7) is 8.03. The van der Waals surface area contributed by atoms with Gasteiger partial charge in [-0.3, -0.25) is 9.59 Å². The number of nitrogens with zero attached hydrogens (tertiary/aromatic N) is 3. The van der Waals surface area contributed by atoms with Crippen LogP contribution in [0.5, 0.6) is 0 Å². The van der Waals surface area contributed by atoms with Crippen molar-refractivity contribution < 1.29 is 9.59 Å². The minimum absolute atomic E-state index is 0.0853. The van der Waals surface area contributed by atoms with Gasteiger partial charge in [0.15, 0.2) is 11.5 Å². The van der Waals surface area contributed by atoms with Crippen molar-refractivity contribution in [1.82, 2.24) is 20.2 Å². The monoisotopic (exact) mass is 491 g/mol. The number of anilines is 3. The maximum Gasteiger partial charge on any atom is 0.271 e. The second-order valence-electron chi connectivity index (χ2n) is 10.3. The SMILES string of the molecule is C=CC(=O)NC1CCC[C@@H](Nc2cnc(C(N)=O)c(Nc3ccc(C4(C)CCN(C)CC4)cc3)n2)C1. The summed E-state index contributed by atoms with van der Waals surface area (Å²) in [5.41, 5.74) is 7.96. The van der Waals surface area contributed by atoms with Gasteiger partial charge >= 0.3 is 0 Å². The molecule has 9 heteroatoms. The third kappa shape index (κ3) is 6.20. The number of hydrogen-bond acceptors (Lipinski definition) is 7. The van der Waals surface area contributed by atoms with Gasteiger partial charge < -0.3 is 26.6 Å². The third-order valence-corrected chi connectivity index (χ3v) is 7.50. The molecule has 192 valence electrons. The van der Waals surface area contributed by atoms with Crippen LogP contribution >= 0.6 is 0 Å². The molecule has 0 radical (unpaired) electrons. The van der Waals surface area contributed by atoms with Crippen LogP contribution in [0.25, 0.3) is 0 Å². The van der Waals surface area contributed by atoms with Crippen molar-refractivity contribution in [2.75, 3.05) is 30.8 Å². The summed E-state index contributed by atoms with van der Waals surface area (Å²) >= 11 is 0. The summed E-state index contributed by atoms with van der Waals surface area (Å²) in [5.74, 6) is 0.0715. The molecule has 2 fully saturated rings. The highest BCUT2D eigenvalue weighted by molar-refractivity contribution is 5.96. The second-order valence-corrected chi connectivity index (χ2v) is 10.3. The Morgan fingerprint density at radius 2 is 1.86 bits per heavy atom. The van der Waals surface area contributed by atoms with Crippen molar-refractivity contribution in [2.24, 2.45) is 5.73 Å². The second kappa shape index (κ2) is 11.1. The van der Waals surface area contributed by atoms with Crippen LogP contribution in [0, 0.1) is 0 Å². The van der Waals surface area contributed by atoms with E-state index in [9.17, 15) is 9.59 Å². The summed E-state index contributed by atoms with van der Waals surface area (Å²) < 4.78 is 0. The van der Waals surface area contributed by atoms with Gasteiger partial charge in [-0.1, -0.05) is 25.6 Å². The Labute approximate surface area is 213 Å². The lowest BCUT2D eigenvalue weighted by atomic mass is 9.74. The maximum absolute atomic E-state index is 12.0. The van der Waals surface area contributed by atoms with Crippen LogP contribution in [0.4, 0.5) is 17.3 Å². The molecule has 2 atom stereocenters. The lowest BCUT2D eigenvalue weighted by Gasteiger charge is -2.38. The molecular formula is C27H37N7O2. The fourth-order valence-electron chi connectivity index (χ4n) is 5.14. The molecular weight excluding hydrogens is 454 g/mol. The van der Waals surface area contributed by atoms with Gasteiger partial charge in [-0.15, -0.1) is 0 Å². The zero-order valence-corrected chi connectivity index (χ0v) is 21.2. The maximum atomic E-state index is 12.0. The number of carbonyl (C=O) groups excluding carboxylic acids is 2. The van der Waals surface area contributed by atoms with Crippen LogP contribution in [-0.4, -0.2) is 58.9 Å². The number of nitrogens with two attached hydrogens (primary N) is 1. The van der Waals surface area contributed by atoms with Crippen molar-refractivity contribution in [3.05, 3.63) is 54.4 Å². The Hall–Kier alpha value is -3.46. The van der Waals surface area contributed by atoms with Crippen LogP contribution in [-0.2, 0) is 10.2 Å². The van der Waals surface area contributed by atoms with E-state index in [-0.39, 0.29) is 29.1 Å². The number of aromatic nitrogens is 2. The summed E-state index contributed by atoms with van der Waals surface area (Å²) in [7, 11) is 2.17. The Balaban J connectivity index is 1.46. The standard InChI is InChI=1S/C27H37N7O2/c1-4-23(35)31-21-7-5-6-20(16-21)30-22-17-29-24(25(28)36)26(33-22)32-19-10-8-18(9-11-19)27(2)12-14-34(3)15-13-27/h4,8-11,17,20-21H,1,5-7,12-16H2,2-3H3,(H2,28,36)(H,31,35)(H2,30,32,33)/t20-,21?/m1/s1. The minimum atomic E-state index is -0.642. The van der Waals surface area contributed by atoms with Gasteiger partial charge in [0.25, 0.3) is 5.91 Å². The van der Waals surface area contributed by atoms with Crippen LogP contribution in [0.1, 0.15) is 61.5 Å². The number of carbonyl (C=O) groups is 2. The first kappa shape index (κ1) is 25.6. The van der Waals surface area contributed by atoms with E-state index in [1.54, 1.807) is 0 Å². The summed E-state index contributed by atoms with van der Waals surface area (Å²) in [6, 6.07) is 8.53. The van der Waals surface area contributed by atoms with Crippen molar-refractivity contribution in [1.29, 1.82) is 0 Å². The number of nitrogens with one attached hydrogen (secondary N) is 3. The number of primary amides is 1. The minimum Gasteiger partial charge on any atom is -0.366 e. The van der Waals surface area contributed by atoms with Crippen molar-refractivity contribution in [3.63, 3.8) is 0 Å². The largest absolute Gasteiger partial charge is 0.366 e. The van der Waals surface area contributed by atoms with E-state index in [0.717, 1.165) is 57.3 Å². The average Bonchev–Trinajstić information content (AvgIpc) is 2.86. The zero-order valence-electron chi connectivity index (χ0n) is 21.2. The van der Waals surface area contributed by atoms with E-state index in [4.69, 9.17) is 5.73 Å². The molecule has 36 heavy (non-hydrogen) atoms. The topological polar surface area (TPSA) is 125 Å². The molecule has 0 spiro atoms. The molecule has 1 saturated carbocycles. The molecule has 1 aromatic carbocycles. The summed E-state index contributed by atoms with van der Waals surface area (Å²) in [6.07, 6.45) is 8.73. The Morgan fingerprint density at radius 1 is 1.17 bits per heavy atom. The van der Waals surface area contributed by atoms with Crippen molar-refractivity contribution >= 4 is 29.1 Å². The van der Waals surface area contributed by atoms with Gasteiger partial charge in [-0.2, -0.15) is 0 Å². The number of likely N-dealkylation sites (tertiary alicyclic amines) is 1. The average molecular weight is 492 g/mol. The first-order valence-corrected chi connectivity index (χ1v) is 12.7. The first-order chi connectivity index (χ1) is 17.3. The van der Waals surface area contributed by atoms with Crippen LogP contribution in [0.2, 0.25) is 0 Å². The molecule has 1 unspecified atom stereocenters. The van der Waals surface area contributed by atoms with Crippen LogP contribution in [0.3, 0.4) is 0 Å². The van der Waals surface area contributed by atoms with E-state index in [1.807, 2.05) is 12.1 Å². The highest BCUT2D eigenvalue weighted by Crippen LogP contribution is 2.35. The van der Waals surface area contributed by atoms with Gasteiger partial charge in [0, 0.05) is 17.8 Å². The Kier molecular flexibility index (Phi) is 7.88. The molecule has 9 nitrogen and oxygen atoms in total. The fraction of sp³-hybridized carbons (Fsp3) is 0.481. The van der Waals surface area contributed by atoms with E-state index < -0.39 is 5.91 Å². The van der Waals surface area contributed by atoms with Gasteiger partial charge in [0.1, 0.15) is 5.82 Å². The molecule has 0 bridgehead atoms. The van der Waals surface area contributed by atoms with E-state index in [0.29, 0.717) is 11.6 Å². The zero-order chi connectivity index (χ0) is 25.7. The predicted molar refractivity (Wildman–Crippen MR) is 142 cm³/mol. The van der Waals surface area contributed by atoms with Crippen LogP contribution < -0.4 is 21.7 Å². The highest BCUT2D eigenvalue weighted by atomic mass is 16.2. The number of piperidine rings is 1. The van der Waals surface area contributed by atoms with Gasteiger partial charge in [0.2, 0.25) is 5.91 Å². The molecule has 1 aliphatic carbocycles. The molecule has 2 aliphatic rings. The van der Waals surface area contributed by atoms with Crippen LogP contribution in [0.15, 0.2) is 43.1 Å². The van der Waals surface area contributed by atoms with Crippen molar-refractivity contribution in [2.45, 2.75) is 62.9 Å². The first-order valence-electron chi connectivity index (χ1n) is 12.7. The molecule has 1 aliphatic heterocycles. The number of rotatable bonds is 8. The quantitative estimate of drug-likeness (QED) is 0.417. The molecule has 2 amide bonds. The van der Waals surface area contributed by atoms with E-state index in [1.165, 1.54) is 17.8 Å². The highest BCUT2D eigenvalue weighted by Gasteiger charge is 2.30. The number of hydrogen-bond donors (Lipinski definition) is 4. The molecule has 4 rings (SSSR count). The molecule has 5 N–H and O–H groups in total. The summed E-state index contributed by atoms with van der Waals surface area (Å²) in [4.78, 5) is 35.0. The van der Waals surface area contributed by atoms with Gasteiger partial charge in [-0.05, 0) is 87.8 Å². The lowest BCUT2D eigenvalue weighted by molar-refractivity contribution is -0.117.